The summed E-state index contributed by atoms with van der Waals surface area (Å²) in [4.78, 5) is 6.37. The normalized spacial score (nSPS) is 13.7. The summed E-state index contributed by atoms with van der Waals surface area (Å²) < 4.78 is 0. The predicted octanol–water partition coefficient (Wildman–Crippen LogP) is 1.12. The number of hydrogen-bond donors (Lipinski definition) is 2. The summed E-state index contributed by atoms with van der Waals surface area (Å²) in [6.07, 6.45) is 0.984. The van der Waals surface area contributed by atoms with Crippen LogP contribution in [0.4, 0.5) is 0 Å². The third-order valence-corrected chi connectivity index (χ3v) is 1.21. The Morgan fingerprint density at radius 2 is 2.56 bits per heavy atom. The van der Waals surface area contributed by atoms with Crippen LogP contribution in [0.25, 0.3) is 0 Å². The molecule has 0 saturated heterocycles. The van der Waals surface area contributed by atoms with E-state index in [1.807, 2.05) is 0 Å². The molecule has 50 valence electrons. The molecule has 0 bridgehead atoms. The second kappa shape index (κ2) is 2.37. The van der Waals surface area contributed by atoms with Crippen LogP contribution < -0.4 is 0 Å². The van der Waals surface area contributed by atoms with Crippen molar-refractivity contribution in [3.63, 3.8) is 0 Å². The summed E-state index contributed by atoms with van der Waals surface area (Å²) >= 11 is 5.43. The first kappa shape index (κ1) is 6.58. The average Bonchev–Trinajstić information content (AvgIpc) is 2.14. The third kappa shape index (κ3) is 1.43. The van der Waals surface area contributed by atoms with Gasteiger partial charge in [-0.25, -0.2) is 4.98 Å². The molecule has 1 rings (SSSR count). The molecule has 4 heteroatoms. The molecule has 2 N–H and O–H groups in total. The van der Waals surface area contributed by atoms with E-state index < -0.39 is 6.10 Å². The Balaban J connectivity index is 2.85. The minimum atomic E-state index is -0.523. The lowest BCUT2D eigenvalue weighted by atomic mass is 10.3. The van der Waals surface area contributed by atoms with E-state index in [1.165, 1.54) is 6.20 Å². The molecule has 0 aromatic carbocycles. The fourth-order valence-electron chi connectivity index (χ4n) is 0.522. The van der Waals surface area contributed by atoms with E-state index in [0.717, 1.165) is 0 Å². The molecule has 3 nitrogen and oxygen atoms in total. The van der Waals surface area contributed by atoms with Gasteiger partial charge in [-0.3, -0.25) is 0 Å². The molecule has 0 spiro atoms. The van der Waals surface area contributed by atoms with E-state index >= 15 is 0 Å². The molecule has 1 unspecified atom stereocenters. The van der Waals surface area contributed by atoms with E-state index in [4.69, 9.17) is 16.7 Å². The molecule has 0 radical (unpaired) electrons. The predicted molar refractivity (Wildman–Crippen MR) is 34.2 cm³/mol. The molecule has 0 fully saturated rings. The van der Waals surface area contributed by atoms with Crippen molar-refractivity contribution in [2.24, 2.45) is 0 Å². The smallest absolute Gasteiger partial charge is 0.200 e. The van der Waals surface area contributed by atoms with Gasteiger partial charge in [0.1, 0.15) is 0 Å². The number of aromatic nitrogens is 2. The van der Waals surface area contributed by atoms with Gasteiger partial charge in [-0.15, -0.1) is 0 Å². The molecule has 0 aliphatic rings. The van der Waals surface area contributed by atoms with Crippen molar-refractivity contribution in [3.05, 3.63) is 17.2 Å². The Kier molecular flexibility index (Phi) is 1.73. The van der Waals surface area contributed by atoms with Crippen LogP contribution in [0.5, 0.6) is 0 Å². The Bertz CT molecular complexity index is 197. The Morgan fingerprint density at radius 1 is 1.89 bits per heavy atom. The van der Waals surface area contributed by atoms with Gasteiger partial charge in [0.2, 0.25) is 0 Å². The Labute approximate surface area is 57.7 Å². The van der Waals surface area contributed by atoms with Gasteiger partial charge in [-0.2, -0.15) is 0 Å². The highest BCUT2D eigenvalue weighted by atomic mass is 35.5. The van der Waals surface area contributed by atoms with E-state index in [1.54, 1.807) is 6.92 Å². The largest absolute Gasteiger partial charge is 0.387 e. The van der Waals surface area contributed by atoms with Crippen LogP contribution in [-0.4, -0.2) is 15.1 Å². The van der Waals surface area contributed by atoms with Crippen LogP contribution >= 0.6 is 11.6 Å². The van der Waals surface area contributed by atoms with Crippen LogP contribution in [0.3, 0.4) is 0 Å². The van der Waals surface area contributed by atoms with Crippen molar-refractivity contribution in [2.45, 2.75) is 13.0 Å². The molecular weight excluding hydrogens is 140 g/mol. The van der Waals surface area contributed by atoms with Crippen molar-refractivity contribution in [1.82, 2.24) is 9.97 Å². The SMILES string of the molecule is CC(O)c1cnc(Cl)[nH]1. The monoisotopic (exact) mass is 146 g/mol. The second-order valence-electron chi connectivity index (χ2n) is 1.81. The van der Waals surface area contributed by atoms with Gasteiger partial charge in [0.05, 0.1) is 18.0 Å². The summed E-state index contributed by atoms with van der Waals surface area (Å²) in [7, 11) is 0. The highest BCUT2D eigenvalue weighted by molar-refractivity contribution is 6.28. The van der Waals surface area contributed by atoms with Gasteiger partial charge >= 0.3 is 0 Å². The second-order valence-corrected chi connectivity index (χ2v) is 2.16. The van der Waals surface area contributed by atoms with Crippen LogP contribution in [0.15, 0.2) is 6.20 Å². The third-order valence-electron chi connectivity index (χ3n) is 1.01. The molecule has 0 aliphatic heterocycles. The van der Waals surface area contributed by atoms with E-state index in [0.29, 0.717) is 11.0 Å². The Morgan fingerprint density at radius 3 is 2.78 bits per heavy atom. The summed E-state index contributed by atoms with van der Waals surface area (Å²) in [5.41, 5.74) is 0.639. The number of H-pyrrole nitrogens is 1. The maximum Gasteiger partial charge on any atom is 0.200 e. The van der Waals surface area contributed by atoms with Gasteiger partial charge in [0.15, 0.2) is 5.28 Å². The maximum atomic E-state index is 8.91. The molecule has 1 atom stereocenters. The summed E-state index contributed by atoms with van der Waals surface area (Å²) in [6.45, 7) is 1.64. The zero-order valence-corrected chi connectivity index (χ0v) is 5.68. The minimum Gasteiger partial charge on any atom is -0.387 e. The fourth-order valence-corrected chi connectivity index (χ4v) is 0.680. The number of hydrogen-bond acceptors (Lipinski definition) is 2. The maximum absolute atomic E-state index is 8.91. The van der Waals surface area contributed by atoms with E-state index in [9.17, 15) is 0 Å². The molecule has 1 heterocycles. The molecule has 1 aromatic heterocycles. The van der Waals surface area contributed by atoms with Gasteiger partial charge in [0, 0.05) is 0 Å². The highest BCUT2D eigenvalue weighted by Gasteiger charge is 2.02. The summed E-state index contributed by atoms with van der Waals surface area (Å²) in [5, 5.41) is 9.22. The fraction of sp³-hybridized carbons (Fsp3) is 0.400. The number of aromatic amines is 1. The number of rotatable bonds is 1. The lowest BCUT2D eigenvalue weighted by Gasteiger charge is -1.95. The number of imidazole rings is 1. The summed E-state index contributed by atoms with van der Waals surface area (Å²) in [5.74, 6) is 0. The molecule has 0 amide bonds. The van der Waals surface area contributed by atoms with Crippen molar-refractivity contribution >= 4 is 11.6 Å². The number of halogens is 1. The first-order chi connectivity index (χ1) is 4.20. The van der Waals surface area contributed by atoms with Crippen LogP contribution in [0, 0.1) is 0 Å². The standard InChI is InChI=1S/C5H7ClN2O/c1-3(9)4-2-7-5(6)8-4/h2-3,9H,1H3,(H,7,8). The number of aliphatic hydroxyl groups excluding tert-OH is 1. The van der Waals surface area contributed by atoms with E-state index in [2.05, 4.69) is 9.97 Å². The van der Waals surface area contributed by atoms with E-state index in [-0.39, 0.29) is 0 Å². The quantitative estimate of drug-likeness (QED) is 0.624. The number of nitrogens with zero attached hydrogens (tertiary/aromatic N) is 1. The number of aliphatic hydroxyl groups is 1. The van der Waals surface area contributed by atoms with Gasteiger partial charge in [-0.05, 0) is 18.5 Å². The molecule has 9 heavy (non-hydrogen) atoms. The number of nitrogens with one attached hydrogen (secondary N) is 1. The first-order valence-electron chi connectivity index (χ1n) is 2.58. The lowest BCUT2D eigenvalue weighted by molar-refractivity contribution is 0.195. The average molecular weight is 147 g/mol. The first-order valence-corrected chi connectivity index (χ1v) is 2.96. The molecular formula is C5H7ClN2O. The van der Waals surface area contributed by atoms with Gasteiger partial charge in [-0.1, -0.05) is 0 Å². The van der Waals surface area contributed by atoms with Crippen LogP contribution in [0.2, 0.25) is 5.28 Å². The zero-order chi connectivity index (χ0) is 6.85. The van der Waals surface area contributed by atoms with Crippen LogP contribution in [0.1, 0.15) is 18.7 Å². The van der Waals surface area contributed by atoms with Crippen molar-refractivity contribution < 1.29 is 5.11 Å². The lowest BCUT2D eigenvalue weighted by Crippen LogP contribution is -1.89. The minimum absolute atomic E-state index is 0.311. The van der Waals surface area contributed by atoms with Crippen molar-refractivity contribution in [2.75, 3.05) is 0 Å². The zero-order valence-electron chi connectivity index (χ0n) is 4.93. The molecule has 0 saturated carbocycles. The van der Waals surface area contributed by atoms with Gasteiger partial charge < -0.3 is 10.1 Å². The topological polar surface area (TPSA) is 48.9 Å². The van der Waals surface area contributed by atoms with Crippen molar-refractivity contribution in [3.8, 4) is 0 Å². The summed E-state index contributed by atoms with van der Waals surface area (Å²) in [6, 6.07) is 0. The van der Waals surface area contributed by atoms with Gasteiger partial charge in [0.25, 0.3) is 0 Å². The molecule has 0 aliphatic carbocycles. The highest BCUT2D eigenvalue weighted by Crippen LogP contribution is 2.10. The van der Waals surface area contributed by atoms with Crippen molar-refractivity contribution in [1.29, 1.82) is 0 Å². The van der Waals surface area contributed by atoms with Crippen LogP contribution in [-0.2, 0) is 0 Å². The Hall–Kier alpha value is -0.540. The molecule has 1 aromatic rings.